The lowest BCUT2D eigenvalue weighted by Crippen LogP contribution is -2.48. The molecule has 2 amide bonds. The molecular formula is C11H26N4O2+2. The second-order valence-electron chi connectivity index (χ2n) is 6.27. The summed E-state index contributed by atoms with van der Waals surface area (Å²) >= 11 is 0. The van der Waals surface area contributed by atoms with Crippen LogP contribution in [0.2, 0.25) is 0 Å². The van der Waals surface area contributed by atoms with Gasteiger partial charge in [-0.25, -0.2) is 0 Å². The second-order valence-corrected chi connectivity index (χ2v) is 6.27. The lowest BCUT2D eigenvalue weighted by Gasteiger charge is -2.24. The quantitative estimate of drug-likeness (QED) is 0.356. The van der Waals surface area contributed by atoms with Gasteiger partial charge in [-0.05, 0) is 0 Å². The molecule has 0 aromatic heterocycles. The molecule has 0 heterocycles. The van der Waals surface area contributed by atoms with Crippen molar-refractivity contribution in [3.05, 3.63) is 0 Å². The zero-order chi connectivity index (χ0) is 13.7. The highest BCUT2D eigenvalue weighted by atomic mass is 16.2. The fraction of sp³-hybridized carbons (Fsp3) is 0.818. The van der Waals surface area contributed by atoms with E-state index in [1.807, 2.05) is 42.3 Å². The van der Waals surface area contributed by atoms with E-state index in [4.69, 9.17) is 0 Å². The molecule has 100 valence electrons. The van der Waals surface area contributed by atoms with Crippen molar-refractivity contribution in [2.24, 2.45) is 0 Å². The molecule has 0 fully saturated rings. The topological polar surface area (TPSA) is 58.2 Å². The summed E-state index contributed by atoms with van der Waals surface area (Å²) in [5.74, 6) is -0.478. The first-order chi connectivity index (χ1) is 7.49. The van der Waals surface area contributed by atoms with Crippen molar-refractivity contribution in [2.75, 3.05) is 55.6 Å². The van der Waals surface area contributed by atoms with Crippen LogP contribution >= 0.6 is 0 Å². The summed E-state index contributed by atoms with van der Waals surface area (Å²) in [7, 11) is 11.8. The van der Waals surface area contributed by atoms with E-state index in [2.05, 4.69) is 10.6 Å². The monoisotopic (exact) mass is 246 g/mol. The highest BCUT2D eigenvalue weighted by Gasteiger charge is 2.14. The molecular weight excluding hydrogens is 220 g/mol. The van der Waals surface area contributed by atoms with Crippen LogP contribution in [0.15, 0.2) is 0 Å². The lowest BCUT2D eigenvalue weighted by atomic mass is 10.4. The van der Waals surface area contributed by atoms with E-state index < -0.39 is 0 Å². The van der Waals surface area contributed by atoms with Crippen LogP contribution in [0.3, 0.4) is 0 Å². The number of carbonyl (C=O) groups is 2. The molecule has 6 nitrogen and oxygen atoms in total. The summed E-state index contributed by atoms with van der Waals surface area (Å²) in [6.07, 6.45) is -0.111. The van der Waals surface area contributed by atoms with Gasteiger partial charge in [0.25, 0.3) is 0 Å². The van der Waals surface area contributed by atoms with Gasteiger partial charge in [-0.1, -0.05) is 0 Å². The predicted molar refractivity (Wildman–Crippen MR) is 66.7 cm³/mol. The van der Waals surface area contributed by atoms with E-state index in [1.54, 1.807) is 0 Å². The van der Waals surface area contributed by atoms with Crippen LogP contribution in [-0.4, -0.2) is 76.4 Å². The summed E-state index contributed by atoms with van der Waals surface area (Å²) < 4.78 is 1.26. The molecule has 0 aliphatic carbocycles. The number of nitrogens with one attached hydrogen (secondary N) is 2. The Kier molecular flexibility index (Phi) is 5.57. The Labute approximate surface area is 104 Å². The molecule has 0 aromatic carbocycles. The molecule has 0 rings (SSSR count). The first-order valence-corrected chi connectivity index (χ1v) is 5.64. The number of nitrogens with zero attached hydrogens (tertiary/aromatic N) is 2. The summed E-state index contributed by atoms with van der Waals surface area (Å²) in [5, 5.41) is 5.44. The van der Waals surface area contributed by atoms with Crippen LogP contribution in [0.25, 0.3) is 0 Å². The first-order valence-electron chi connectivity index (χ1n) is 5.64. The number of hydrogen-bond acceptors (Lipinski definition) is 2. The van der Waals surface area contributed by atoms with Gasteiger partial charge >= 0.3 is 0 Å². The molecule has 0 spiro atoms. The number of hydrogen-bond donors (Lipinski definition) is 2. The van der Waals surface area contributed by atoms with E-state index in [0.29, 0.717) is 22.3 Å². The minimum Gasteiger partial charge on any atom is -0.314 e. The van der Waals surface area contributed by atoms with E-state index in [0.717, 1.165) is 0 Å². The minimum atomic E-state index is -0.239. The van der Waals surface area contributed by atoms with Gasteiger partial charge in [0.1, 0.15) is 6.42 Å². The van der Waals surface area contributed by atoms with Gasteiger partial charge < -0.3 is 19.6 Å². The summed E-state index contributed by atoms with van der Waals surface area (Å²) in [6, 6.07) is 0. The van der Waals surface area contributed by atoms with Crippen LogP contribution in [0.4, 0.5) is 0 Å². The van der Waals surface area contributed by atoms with Gasteiger partial charge in [0.15, 0.2) is 13.3 Å². The maximum Gasteiger partial charge on any atom is 0.233 e. The molecule has 6 heteroatoms. The molecule has 17 heavy (non-hydrogen) atoms. The predicted octanol–water partition coefficient (Wildman–Crippen LogP) is -1.06. The molecule has 0 radical (unpaired) electrons. The molecule has 0 aromatic rings. The van der Waals surface area contributed by atoms with Crippen molar-refractivity contribution in [1.82, 2.24) is 10.6 Å². The molecule has 2 N–H and O–H groups in total. The third kappa shape index (κ3) is 11.1. The Morgan fingerprint density at radius 3 is 1.29 bits per heavy atom. The molecule has 0 atom stereocenters. The van der Waals surface area contributed by atoms with Crippen LogP contribution in [0, 0.1) is 0 Å². The summed E-state index contributed by atoms with van der Waals surface area (Å²) in [4.78, 5) is 22.9. The van der Waals surface area contributed by atoms with Crippen LogP contribution in [0.5, 0.6) is 0 Å². The van der Waals surface area contributed by atoms with Crippen LogP contribution in [0.1, 0.15) is 6.42 Å². The van der Waals surface area contributed by atoms with Crippen molar-refractivity contribution >= 4 is 11.8 Å². The van der Waals surface area contributed by atoms with Gasteiger partial charge in [0, 0.05) is 0 Å². The fourth-order valence-electron chi connectivity index (χ4n) is 0.922. The molecule has 0 aliphatic rings. The van der Waals surface area contributed by atoms with Crippen molar-refractivity contribution in [2.45, 2.75) is 6.42 Å². The van der Waals surface area contributed by atoms with Gasteiger partial charge in [-0.2, -0.15) is 0 Å². The molecule has 0 saturated heterocycles. The largest absolute Gasteiger partial charge is 0.314 e. The molecule has 0 bridgehead atoms. The number of rotatable bonds is 6. The Balaban J connectivity index is 3.86. The minimum absolute atomic E-state index is 0.111. The molecule has 0 unspecified atom stereocenters. The highest BCUT2D eigenvalue weighted by Crippen LogP contribution is 1.89. The van der Waals surface area contributed by atoms with Gasteiger partial charge in [-0.3, -0.25) is 9.59 Å². The van der Waals surface area contributed by atoms with E-state index in [1.165, 1.54) is 0 Å². The normalized spacial score (nSPS) is 12.1. The van der Waals surface area contributed by atoms with Crippen molar-refractivity contribution in [3.63, 3.8) is 0 Å². The maximum absolute atomic E-state index is 11.4. The average molecular weight is 246 g/mol. The van der Waals surface area contributed by atoms with Gasteiger partial charge in [-0.15, -0.1) is 0 Å². The lowest BCUT2D eigenvalue weighted by molar-refractivity contribution is -0.872. The van der Waals surface area contributed by atoms with Crippen LogP contribution < -0.4 is 10.6 Å². The Morgan fingerprint density at radius 2 is 1.06 bits per heavy atom. The number of quaternary nitrogens is 2. The van der Waals surface area contributed by atoms with Crippen molar-refractivity contribution < 1.29 is 18.6 Å². The zero-order valence-electron chi connectivity index (χ0n) is 11.8. The molecule has 0 aliphatic heterocycles. The maximum atomic E-state index is 11.4. The van der Waals surface area contributed by atoms with E-state index >= 15 is 0 Å². The van der Waals surface area contributed by atoms with E-state index in [-0.39, 0.29) is 18.2 Å². The average Bonchev–Trinajstić information content (AvgIpc) is 2.09. The smallest absolute Gasteiger partial charge is 0.233 e. The third-order valence-corrected chi connectivity index (χ3v) is 1.82. The second kappa shape index (κ2) is 5.97. The summed E-state index contributed by atoms with van der Waals surface area (Å²) in [5.41, 5.74) is 0. The van der Waals surface area contributed by atoms with Gasteiger partial charge in [0.2, 0.25) is 11.8 Å². The fourth-order valence-corrected chi connectivity index (χ4v) is 0.922. The number of carbonyl (C=O) groups excluding carboxylic acids is 2. The third-order valence-electron chi connectivity index (χ3n) is 1.82. The Hall–Kier alpha value is -1.14. The van der Waals surface area contributed by atoms with Crippen molar-refractivity contribution in [3.8, 4) is 0 Å². The van der Waals surface area contributed by atoms with E-state index in [9.17, 15) is 9.59 Å². The first kappa shape index (κ1) is 15.9. The number of amides is 2. The highest BCUT2D eigenvalue weighted by molar-refractivity contribution is 5.96. The summed E-state index contributed by atoms with van der Waals surface area (Å²) in [6.45, 7) is 1.03. The van der Waals surface area contributed by atoms with Gasteiger partial charge in [0.05, 0.1) is 42.3 Å². The molecule has 0 saturated carbocycles. The zero-order valence-corrected chi connectivity index (χ0v) is 11.8. The Bertz CT molecular complexity index is 248. The SMILES string of the molecule is C[N+](C)(C)CNC(=O)CC(=O)NC[N+](C)(C)C. The Morgan fingerprint density at radius 1 is 0.765 bits per heavy atom. The van der Waals surface area contributed by atoms with Crippen molar-refractivity contribution in [1.29, 1.82) is 0 Å². The standard InChI is InChI=1S/C11H24N4O2/c1-14(2,3)8-12-10(16)7-11(17)13-9-15(4,5)6/h7-9H2,1-6H3/p+2. The van der Waals surface area contributed by atoms with Crippen LogP contribution in [-0.2, 0) is 9.59 Å².